The van der Waals surface area contributed by atoms with Crippen LogP contribution in [-0.4, -0.2) is 59.9 Å². The second kappa shape index (κ2) is 8.16. The highest BCUT2D eigenvalue weighted by Crippen LogP contribution is 2.23. The number of piperazine rings is 1. The molecule has 142 valence electrons. The molecular weight excluding hydrogens is 342 g/mol. The predicted octanol–water partition coefficient (Wildman–Crippen LogP) is 2.12. The summed E-state index contributed by atoms with van der Waals surface area (Å²) in [7, 11) is 1.72. The number of rotatable bonds is 4. The Bertz CT molecular complexity index is 831. The second-order valence-corrected chi connectivity index (χ2v) is 6.56. The van der Waals surface area contributed by atoms with Crippen LogP contribution >= 0.6 is 0 Å². The van der Waals surface area contributed by atoms with E-state index in [9.17, 15) is 9.59 Å². The van der Waals surface area contributed by atoms with E-state index in [1.807, 2.05) is 43.0 Å². The van der Waals surface area contributed by atoms with Crippen LogP contribution in [0.25, 0.3) is 0 Å². The van der Waals surface area contributed by atoms with Gasteiger partial charge in [0.15, 0.2) is 0 Å². The summed E-state index contributed by atoms with van der Waals surface area (Å²) in [5.41, 5.74) is 1.22. The van der Waals surface area contributed by atoms with Gasteiger partial charge in [-0.1, -0.05) is 19.1 Å². The van der Waals surface area contributed by atoms with Gasteiger partial charge in [0.25, 0.3) is 5.91 Å². The Morgan fingerprint density at radius 3 is 2.48 bits per heavy atom. The minimum atomic E-state index is -0.0418. The zero-order valence-electron chi connectivity index (χ0n) is 16.1. The summed E-state index contributed by atoms with van der Waals surface area (Å²) >= 11 is 0. The van der Waals surface area contributed by atoms with E-state index in [1.54, 1.807) is 24.2 Å². The Kier molecular flexibility index (Phi) is 5.69. The van der Waals surface area contributed by atoms with Crippen LogP contribution in [0.3, 0.4) is 0 Å². The molecule has 0 N–H and O–H groups in total. The lowest BCUT2D eigenvalue weighted by Crippen LogP contribution is -2.49. The highest BCUT2D eigenvalue weighted by atomic mass is 16.2. The average molecular weight is 367 g/mol. The van der Waals surface area contributed by atoms with Gasteiger partial charge in [-0.05, 0) is 25.1 Å². The summed E-state index contributed by atoms with van der Waals surface area (Å²) in [6.45, 7) is 6.34. The van der Waals surface area contributed by atoms with Crippen LogP contribution in [0.15, 0.2) is 36.5 Å². The van der Waals surface area contributed by atoms with Crippen molar-refractivity contribution in [1.82, 2.24) is 14.9 Å². The molecule has 3 rings (SSSR count). The van der Waals surface area contributed by atoms with Gasteiger partial charge in [0.05, 0.1) is 11.3 Å². The molecule has 2 amide bonds. The van der Waals surface area contributed by atoms with E-state index < -0.39 is 0 Å². The van der Waals surface area contributed by atoms with Crippen LogP contribution in [-0.2, 0) is 4.79 Å². The van der Waals surface area contributed by atoms with Crippen molar-refractivity contribution in [2.45, 2.75) is 20.3 Å². The van der Waals surface area contributed by atoms with Gasteiger partial charge in [0.2, 0.25) is 5.91 Å². The maximum atomic E-state index is 13.1. The van der Waals surface area contributed by atoms with Gasteiger partial charge in [-0.2, -0.15) is 0 Å². The van der Waals surface area contributed by atoms with E-state index in [4.69, 9.17) is 0 Å². The largest absolute Gasteiger partial charge is 0.353 e. The molecule has 0 unspecified atom stereocenters. The molecule has 0 bridgehead atoms. The van der Waals surface area contributed by atoms with Crippen molar-refractivity contribution in [2.24, 2.45) is 0 Å². The van der Waals surface area contributed by atoms with E-state index in [0.29, 0.717) is 43.9 Å². The van der Waals surface area contributed by atoms with Crippen LogP contribution in [0.4, 0.5) is 11.5 Å². The molecule has 2 aromatic rings. The monoisotopic (exact) mass is 367 g/mol. The van der Waals surface area contributed by atoms with E-state index in [2.05, 4.69) is 14.9 Å². The van der Waals surface area contributed by atoms with E-state index >= 15 is 0 Å². The first kappa shape index (κ1) is 18.8. The Labute approximate surface area is 159 Å². The Hall–Kier alpha value is -2.96. The van der Waals surface area contributed by atoms with Crippen molar-refractivity contribution in [2.75, 3.05) is 43.0 Å². The standard InChI is InChI=1S/C20H25N5O2/c1-4-19(26)23(3)17-8-6-5-7-16(17)20(27)25-13-11-24(12-14-25)18-9-10-21-15(2)22-18/h5-10H,4,11-14H2,1-3H3. The molecule has 1 saturated heterocycles. The Morgan fingerprint density at radius 2 is 1.81 bits per heavy atom. The van der Waals surface area contributed by atoms with Gasteiger partial charge in [-0.15, -0.1) is 0 Å². The van der Waals surface area contributed by atoms with Crippen molar-refractivity contribution < 1.29 is 9.59 Å². The van der Waals surface area contributed by atoms with Crippen LogP contribution in [0.5, 0.6) is 0 Å². The van der Waals surface area contributed by atoms with Crippen molar-refractivity contribution >= 4 is 23.3 Å². The lowest BCUT2D eigenvalue weighted by Gasteiger charge is -2.36. The van der Waals surface area contributed by atoms with Gasteiger partial charge in [-0.25, -0.2) is 9.97 Å². The number of benzene rings is 1. The number of amides is 2. The predicted molar refractivity (Wildman–Crippen MR) is 105 cm³/mol. The molecule has 1 aromatic carbocycles. The first-order valence-electron chi connectivity index (χ1n) is 9.20. The highest BCUT2D eigenvalue weighted by molar-refractivity contribution is 6.04. The Morgan fingerprint density at radius 1 is 1.11 bits per heavy atom. The molecule has 0 atom stereocenters. The molecule has 0 saturated carbocycles. The molecule has 7 nitrogen and oxygen atoms in total. The fourth-order valence-corrected chi connectivity index (χ4v) is 3.25. The van der Waals surface area contributed by atoms with Gasteiger partial charge in [0.1, 0.15) is 11.6 Å². The number of para-hydroxylation sites is 1. The lowest BCUT2D eigenvalue weighted by molar-refractivity contribution is -0.118. The summed E-state index contributed by atoms with van der Waals surface area (Å²) in [5.74, 6) is 1.57. The van der Waals surface area contributed by atoms with Gasteiger partial charge >= 0.3 is 0 Å². The van der Waals surface area contributed by atoms with Crippen LogP contribution in [0.2, 0.25) is 0 Å². The summed E-state index contributed by atoms with van der Waals surface area (Å²) < 4.78 is 0. The third-order valence-corrected chi connectivity index (χ3v) is 4.82. The molecule has 1 aromatic heterocycles. The SMILES string of the molecule is CCC(=O)N(C)c1ccccc1C(=O)N1CCN(c2ccnc(C)n2)CC1. The fourth-order valence-electron chi connectivity index (χ4n) is 3.25. The maximum Gasteiger partial charge on any atom is 0.256 e. The number of nitrogens with zero attached hydrogens (tertiary/aromatic N) is 5. The van der Waals surface area contributed by atoms with Crippen LogP contribution in [0, 0.1) is 6.92 Å². The third kappa shape index (κ3) is 4.07. The normalized spacial score (nSPS) is 14.2. The molecule has 0 radical (unpaired) electrons. The van der Waals surface area contributed by atoms with Crippen molar-refractivity contribution in [3.63, 3.8) is 0 Å². The van der Waals surface area contributed by atoms with Gasteiger partial charge < -0.3 is 14.7 Å². The number of aryl methyl sites for hydroxylation is 1. The maximum absolute atomic E-state index is 13.1. The zero-order chi connectivity index (χ0) is 19.4. The molecule has 1 fully saturated rings. The number of hydrogen-bond acceptors (Lipinski definition) is 5. The number of aromatic nitrogens is 2. The molecule has 2 heterocycles. The van der Waals surface area contributed by atoms with Crippen molar-refractivity contribution in [1.29, 1.82) is 0 Å². The minimum absolute atomic E-state index is 0.0146. The molecule has 0 aliphatic carbocycles. The fraction of sp³-hybridized carbons (Fsp3) is 0.400. The van der Waals surface area contributed by atoms with Crippen molar-refractivity contribution in [3.8, 4) is 0 Å². The quantitative estimate of drug-likeness (QED) is 0.828. The number of carbonyl (C=O) groups excluding carboxylic acids is 2. The van der Waals surface area contributed by atoms with Crippen LogP contribution < -0.4 is 9.80 Å². The van der Waals surface area contributed by atoms with Gasteiger partial charge in [0, 0.05) is 45.8 Å². The van der Waals surface area contributed by atoms with Gasteiger partial charge in [-0.3, -0.25) is 9.59 Å². The van der Waals surface area contributed by atoms with Crippen LogP contribution in [0.1, 0.15) is 29.5 Å². The highest BCUT2D eigenvalue weighted by Gasteiger charge is 2.26. The summed E-state index contributed by atoms with van der Waals surface area (Å²) in [6, 6.07) is 9.19. The topological polar surface area (TPSA) is 69.6 Å². The van der Waals surface area contributed by atoms with E-state index in [-0.39, 0.29) is 11.8 Å². The average Bonchev–Trinajstić information content (AvgIpc) is 2.72. The number of anilines is 2. The molecule has 0 spiro atoms. The molecule has 27 heavy (non-hydrogen) atoms. The number of hydrogen-bond donors (Lipinski definition) is 0. The summed E-state index contributed by atoms with van der Waals surface area (Å²) in [4.78, 5) is 39.3. The van der Waals surface area contributed by atoms with Crippen molar-refractivity contribution in [3.05, 3.63) is 47.9 Å². The van der Waals surface area contributed by atoms with E-state index in [1.165, 1.54) is 0 Å². The summed E-state index contributed by atoms with van der Waals surface area (Å²) in [5, 5.41) is 0. The van der Waals surface area contributed by atoms with E-state index in [0.717, 1.165) is 11.6 Å². The molecule has 1 aliphatic rings. The number of carbonyl (C=O) groups is 2. The summed E-state index contributed by atoms with van der Waals surface area (Å²) in [6.07, 6.45) is 2.15. The smallest absolute Gasteiger partial charge is 0.256 e. The molecule has 7 heteroatoms. The second-order valence-electron chi connectivity index (χ2n) is 6.56. The Balaban J connectivity index is 1.72. The lowest BCUT2D eigenvalue weighted by atomic mass is 10.1. The molecular formula is C20H25N5O2. The zero-order valence-corrected chi connectivity index (χ0v) is 16.1. The third-order valence-electron chi connectivity index (χ3n) is 4.82. The first-order valence-corrected chi connectivity index (χ1v) is 9.20. The first-order chi connectivity index (χ1) is 13.0. The molecule has 1 aliphatic heterocycles. The minimum Gasteiger partial charge on any atom is -0.353 e.